The van der Waals surface area contributed by atoms with Crippen LogP contribution in [0.5, 0.6) is 0 Å². The second kappa shape index (κ2) is 6.71. The summed E-state index contributed by atoms with van der Waals surface area (Å²) in [6.45, 7) is 3.64. The van der Waals surface area contributed by atoms with Gasteiger partial charge in [0.25, 0.3) is 5.91 Å². The summed E-state index contributed by atoms with van der Waals surface area (Å²) in [5.74, 6) is 0.0126. The van der Waals surface area contributed by atoms with Crippen LogP contribution >= 0.6 is 11.3 Å². The van der Waals surface area contributed by atoms with Crippen molar-refractivity contribution in [2.75, 3.05) is 26.8 Å². The van der Waals surface area contributed by atoms with Crippen LogP contribution in [0.1, 0.15) is 52.6 Å². The Labute approximate surface area is 140 Å². The molecule has 0 unspecified atom stereocenters. The van der Waals surface area contributed by atoms with Crippen molar-refractivity contribution in [2.45, 2.75) is 44.3 Å². The second-order valence-electron chi connectivity index (χ2n) is 6.33. The Bertz CT molecular complexity index is 589. The molecule has 2 fully saturated rings. The Kier molecular flexibility index (Phi) is 4.85. The van der Waals surface area contributed by atoms with Crippen molar-refractivity contribution in [3.05, 3.63) is 21.9 Å². The molecule has 1 aromatic rings. The monoisotopic (exact) mass is 337 g/mol. The predicted octanol–water partition coefficient (Wildman–Crippen LogP) is 2.75. The van der Waals surface area contributed by atoms with Gasteiger partial charge in [-0.25, -0.2) is 0 Å². The third-order valence-corrected chi connectivity index (χ3v) is 5.99. The summed E-state index contributed by atoms with van der Waals surface area (Å²) in [6.07, 6.45) is 3.80. The van der Waals surface area contributed by atoms with Crippen molar-refractivity contribution in [1.82, 2.24) is 4.90 Å². The van der Waals surface area contributed by atoms with Gasteiger partial charge in [0.15, 0.2) is 5.78 Å². The van der Waals surface area contributed by atoms with Gasteiger partial charge in [-0.05, 0) is 38.7 Å². The first-order valence-electron chi connectivity index (χ1n) is 8.11. The smallest absolute Gasteiger partial charge is 0.254 e. The van der Waals surface area contributed by atoms with Crippen molar-refractivity contribution in [1.29, 1.82) is 0 Å². The van der Waals surface area contributed by atoms with Gasteiger partial charge in [0.05, 0.1) is 22.1 Å². The molecule has 2 aliphatic rings. The number of nitrogens with zero attached hydrogens (tertiary/aromatic N) is 1. The molecule has 3 heterocycles. The molecule has 6 heteroatoms. The van der Waals surface area contributed by atoms with Gasteiger partial charge < -0.3 is 14.4 Å². The number of carbonyl (C=O) groups excluding carboxylic acids is 2. The molecule has 1 aromatic heterocycles. The van der Waals surface area contributed by atoms with E-state index in [1.54, 1.807) is 18.6 Å². The summed E-state index contributed by atoms with van der Waals surface area (Å²) < 4.78 is 11.7. The van der Waals surface area contributed by atoms with E-state index < -0.39 is 0 Å². The maximum Gasteiger partial charge on any atom is 0.254 e. The maximum absolute atomic E-state index is 12.6. The predicted molar refractivity (Wildman–Crippen MR) is 88.2 cm³/mol. The van der Waals surface area contributed by atoms with E-state index in [0.29, 0.717) is 23.5 Å². The highest BCUT2D eigenvalue weighted by atomic mass is 32.1. The summed E-state index contributed by atoms with van der Waals surface area (Å²) in [4.78, 5) is 26.5. The lowest BCUT2D eigenvalue weighted by Gasteiger charge is -2.48. The van der Waals surface area contributed by atoms with E-state index in [-0.39, 0.29) is 23.4 Å². The number of rotatable bonds is 3. The highest BCUT2D eigenvalue weighted by molar-refractivity contribution is 7.12. The van der Waals surface area contributed by atoms with Crippen LogP contribution in [0, 0.1) is 0 Å². The number of amides is 1. The van der Waals surface area contributed by atoms with Gasteiger partial charge in [-0.1, -0.05) is 0 Å². The highest BCUT2D eigenvalue weighted by Gasteiger charge is 2.45. The number of thiophene rings is 1. The number of ketones is 1. The van der Waals surface area contributed by atoms with E-state index in [9.17, 15) is 9.59 Å². The summed E-state index contributed by atoms with van der Waals surface area (Å²) >= 11 is 1.33. The van der Waals surface area contributed by atoms with E-state index in [2.05, 4.69) is 0 Å². The molecule has 2 aliphatic heterocycles. The molecule has 2 saturated heterocycles. The molecule has 1 amide bonds. The lowest BCUT2D eigenvalue weighted by molar-refractivity contribution is -0.183. The SMILES string of the molecule is CO[C@H]1CCCOC12CCN(C(=O)c1csc(C(C)=O)c1)CC2. The number of hydrogen-bond acceptors (Lipinski definition) is 5. The second-order valence-corrected chi connectivity index (χ2v) is 7.24. The summed E-state index contributed by atoms with van der Waals surface area (Å²) in [5.41, 5.74) is 0.382. The molecule has 3 rings (SSSR count). The molecule has 0 N–H and O–H groups in total. The van der Waals surface area contributed by atoms with Crippen LogP contribution in [0.4, 0.5) is 0 Å². The average Bonchev–Trinajstić information content (AvgIpc) is 3.06. The van der Waals surface area contributed by atoms with Gasteiger partial charge in [-0.2, -0.15) is 0 Å². The fourth-order valence-electron chi connectivity index (χ4n) is 3.60. The van der Waals surface area contributed by atoms with E-state index in [0.717, 1.165) is 32.3 Å². The number of Topliss-reactive ketones (excluding diaryl/α,β-unsaturated/α-hetero) is 1. The molecule has 0 bridgehead atoms. The van der Waals surface area contributed by atoms with Crippen molar-refractivity contribution in [3.63, 3.8) is 0 Å². The Morgan fingerprint density at radius 1 is 1.39 bits per heavy atom. The van der Waals surface area contributed by atoms with Crippen LogP contribution in [0.25, 0.3) is 0 Å². The minimum atomic E-state index is -0.233. The van der Waals surface area contributed by atoms with Crippen molar-refractivity contribution in [3.8, 4) is 0 Å². The van der Waals surface area contributed by atoms with E-state index in [1.165, 1.54) is 18.3 Å². The first kappa shape index (κ1) is 16.6. The molecule has 0 aromatic carbocycles. The Balaban J connectivity index is 1.66. The molecular formula is C17H23NO4S. The van der Waals surface area contributed by atoms with Crippen molar-refractivity contribution < 1.29 is 19.1 Å². The van der Waals surface area contributed by atoms with Crippen LogP contribution in [-0.2, 0) is 9.47 Å². The number of hydrogen-bond donors (Lipinski definition) is 0. The van der Waals surface area contributed by atoms with Gasteiger partial charge in [0.2, 0.25) is 0 Å². The number of carbonyl (C=O) groups is 2. The van der Waals surface area contributed by atoms with Crippen molar-refractivity contribution >= 4 is 23.0 Å². The Morgan fingerprint density at radius 3 is 2.74 bits per heavy atom. The largest absolute Gasteiger partial charge is 0.378 e. The fraction of sp³-hybridized carbons (Fsp3) is 0.647. The third kappa shape index (κ3) is 3.20. The third-order valence-electron chi connectivity index (χ3n) is 4.96. The number of ether oxygens (including phenoxy) is 2. The summed E-state index contributed by atoms with van der Waals surface area (Å²) in [5, 5.41) is 1.78. The van der Waals surface area contributed by atoms with E-state index in [1.807, 2.05) is 4.90 Å². The van der Waals surface area contributed by atoms with Crippen molar-refractivity contribution in [2.24, 2.45) is 0 Å². The van der Waals surface area contributed by atoms with E-state index >= 15 is 0 Å². The highest BCUT2D eigenvalue weighted by Crippen LogP contribution is 2.37. The van der Waals surface area contributed by atoms with Gasteiger partial charge in [0, 0.05) is 32.2 Å². The van der Waals surface area contributed by atoms with Crippen LogP contribution < -0.4 is 0 Å². The van der Waals surface area contributed by atoms with Crippen LogP contribution in [0.2, 0.25) is 0 Å². The molecule has 0 aliphatic carbocycles. The number of likely N-dealkylation sites (tertiary alicyclic amines) is 1. The fourth-order valence-corrected chi connectivity index (χ4v) is 4.39. The standard InChI is InChI=1S/C17H23NO4S/c1-12(19)14-10-13(11-23-14)16(20)18-7-5-17(6-8-18)15(21-2)4-3-9-22-17/h10-11,15H,3-9H2,1-2H3/t15-/m0/s1. The maximum atomic E-state index is 12.6. The number of methoxy groups -OCH3 is 1. The minimum Gasteiger partial charge on any atom is -0.378 e. The lowest BCUT2D eigenvalue weighted by atomic mass is 9.81. The molecular weight excluding hydrogens is 314 g/mol. The quantitative estimate of drug-likeness (QED) is 0.796. The first-order chi connectivity index (χ1) is 11.1. The summed E-state index contributed by atoms with van der Waals surface area (Å²) in [6, 6.07) is 1.70. The zero-order valence-corrected chi connectivity index (χ0v) is 14.5. The Hall–Kier alpha value is -1.24. The van der Waals surface area contributed by atoms with Gasteiger partial charge in [0.1, 0.15) is 0 Å². The normalized spacial score (nSPS) is 23.9. The zero-order chi connectivity index (χ0) is 16.4. The molecule has 1 atom stereocenters. The number of piperidine rings is 1. The molecule has 23 heavy (non-hydrogen) atoms. The Morgan fingerprint density at radius 2 is 2.13 bits per heavy atom. The minimum absolute atomic E-state index is 0.00480. The summed E-state index contributed by atoms with van der Waals surface area (Å²) in [7, 11) is 1.74. The van der Waals surface area contributed by atoms with Crippen LogP contribution in [0.3, 0.4) is 0 Å². The first-order valence-corrected chi connectivity index (χ1v) is 8.99. The van der Waals surface area contributed by atoms with Gasteiger partial charge in [-0.15, -0.1) is 11.3 Å². The zero-order valence-electron chi connectivity index (χ0n) is 13.7. The van der Waals surface area contributed by atoms with Crippen LogP contribution in [-0.4, -0.2) is 55.1 Å². The topological polar surface area (TPSA) is 55.8 Å². The molecule has 1 spiro atoms. The lowest BCUT2D eigenvalue weighted by Crippen LogP contribution is -2.56. The molecule has 0 saturated carbocycles. The van der Waals surface area contributed by atoms with Crippen LogP contribution in [0.15, 0.2) is 11.4 Å². The molecule has 5 nitrogen and oxygen atoms in total. The molecule has 126 valence electrons. The molecule has 0 radical (unpaired) electrons. The average molecular weight is 337 g/mol. The van der Waals surface area contributed by atoms with Gasteiger partial charge in [-0.3, -0.25) is 9.59 Å². The van der Waals surface area contributed by atoms with Gasteiger partial charge >= 0.3 is 0 Å². The van der Waals surface area contributed by atoms with E-state index in [4.69, 9.17) is 9.47 Å².